The van der Waals surface area contributed by atoms with Gasteiger partial charge in [-0.2, -0.15) is 0 Å². The van der Waals surface area contributed by atoms with Gasteiger partial charge in [0.05, 0.1) is 5.60 Å². The van der Waals surface area contributed by atoms with Gasteiger partial charge in [-0.15, -0.1) is 0 Å². The molecule has 0 aromatic carbocycles. The molecule has 0 amide bonds. The van der Waals surface area contributed by atoms with Crippen molar-refractivity contribution in [1.82, 2.24) is 0 Å². The van der Waals surface area contributed by atoms with Gasteiger partial charge in [0.15, 0.2) is 0 Å². The quantitative estimate of drug-likeness (QED) is 0.522. The van der Waals surface area contributed by atoms with Crippen LogP contribution in [0.3, 0.4) is 0 Å². The van der Waals surface area contributed by atoms with Gasteiger partial charge in [-0.05, 0) is 50.0 Å². The summed E-state index contributed by atoms with van der Waals surface area (Å²) in [5.74, 6) is 0.481. The lowest BCUT2D eigenvalue weighted by molar-refractivity contribution is -0.139. The molecule has 0 saturated heterocycles. The van der Waals surface area contributed by atoms with Crippen molar-refractivity contribution in [3.63, 3.8) is 0 Å². The Morgan fingerprint density at radius 3 is 2.64 bits per heavy atom. The molecule has 3 heteroatoms. The van der Waals surface area contributed by atoms with E-state index in [-0.39, 0.29) is 17.3 Å². The van der Waals surface area contributed by atoms with Crippen molar-refractivity contribution < 1.29 is 14.6 Å². The Labute approximate surface area is 153 Å². The number of hydrogen-bond acceptors (Lipinski definition) is 3. The summed E-state index contributed by atoms with van der Waals surface area (Å²) in [6, 6.07) is 0. The first-order valence-corrected chi connectivity index (χ1v) is 9.01. The van der Waals surface area contributed by atoms with Gasteiger partial charge in [0.1, 0.15) is 6.61 Å². The summed E-state index contributed by atoms with van der Waals surface area (Å²) in [5, 5.41) is 10.2. The summed E-state index contributed by atoms with van der Waals surface area (Å²) in [4.78, 5) is 10.9. The number of esters is 1. The van der Waals surface area contributed by atoms with E-state index >= 15 is 0 Å². The van der Waals surface area contributed by atoms with Crippen LogP contribution in [-0.2, 0) is 9.53 Å². The molecule has 0 radical (unpaired) electrons. The molecule has 3 nitrogen and oxygen atoms in total. The van der Waals surface area contributed by atoms with Crippen LogP contribution in [0, 0.1) is 17.3 Å². The predicted molar refractivity (Wildman–Crippen MR) is 104 cm³/mol. The smallest absolute Gasteiger partial charge is 0.302 e. The highest BCUT2D eigenvalue weighted by molar-refractivity contribution is 5.66. The van der Waals surface area contributed by atoms with Gasteiger partial charge in [-0.1, -0.05) is 56.9 Å². The molecule has 1 unspecified atom stereocenters. The maximum Gasteiger partial charge on any atom is 0.302 e. The third-order valence-corrected chi connectivity index (χ3v) is 5.40. The lowest BCUT2D eigenvalue weighted by atomic mass is 9.59. The number of carbonyl (C=O) groups excluding carboxylic acids is 1. The van der Waals surface area contributed by atoms with Crippen molar-refractivity contribution in [3.05, 3.63) is 48.6 Å². The fraction of sp³-hybridized carbons (Fsp3) is 0.591. The molecule has 0 aliphatic heterocycles. The van der Waals surface area contributed by atoms with Gasteiger partial charge in [-0.3, -0.25) is 4.79 Å². The SMILES string of the molecule is C=CC(C)(O)/C=C/[C@H]1C(=C)CC[C@H](C/C=C(\C)COC(C)=O)C1(C)C. The van der Waals surface area contributed by atoms with Gasteiger partial charge in [0.2, 0.25) is 0 Å². The van der Waals surface area contributed by atoms with Crippen LogP contribution in [0.5, 0.6) is 0 Å². The molecule has 1 rings (SSSR count). The first kappa shape index (κ1) is 21.4. The topological polar surface area (TPSA) is 46.5 Å². The first-order chi connectivity index (χ1) is 11.5. The highest BCUT2D eigenvalue weighted by Gasteiger charge is 2.40. The van der Waals surface area contributed by atoms with Crippen molar-refractivity contribution in [2.45, 2.75) is 59.5 Å². The highest BCUT2D eigenvalue weighted by atomic mass is 16.5. The van der Waals surface area contributed by atoms with Crippen molar-refractivity contribution in [1.29, 1.82) is 0 Å². The number of rotatable bonds is 7. The molecule has 1 N–H and O–H groups in total. The van der Waals surface area contributed by atoms with E-state index in [0.717, 1.165) is 24.8 Å². The molecule has 0 aromatic rings. The molecule has 1 saturated carbocycles. The van der Waals surface area contributed by atoms with E-state index in [4.69, 9.17) is 4.74 Å². The number of carbonyl (C=O) groups is 1. The first-order valence-electron chi connectivity index (χ1n) is 9.01. The summed E-state index contributed by atoms with van der Waals surface area (Å²) in [7, 11) is 0. The van der Waals surface area contributed by atoms with E-state index in [1.165, 1.54) is 12.5 Å². The molecule has 0 spiro atoms. The summed E-state index contributed by atoms with van der Waals surface area (Å²) < 4.78 is 5.05. The van der Waals surface area contributed by atoms with E-state index in [2.05, 4.69) is 39.2 Å². The van der Waals surface area contributed by atoms with Crippen LogP contribution in [-0.4, -0.2) is 23.3 Å². The normalized spacial score (nSPS) is 26.3. The molecule has 1 aliphatic rings. The highest BCUT2D eigenvalue weighted by Crippen LogP contribution is 2.49. The van der Waals surface area contributed by atoms with Crippen LogP contribution in [0.1, 0.15) is 53.9 Å². The number of allylic oxidation sites excluding steroid dienone is 3. The van der Waals surface area contributed by atoms with Crippen LogP contribution >= 0.6 is 0 Å². The van der Waals surface area contributed by atoms with Gasteiger partial charge in [0, 0.05) is 12.8 Å². The molecule has 1 aliphatic carbocycles. The van der Waals surface area contributed by atoms with Crippen LogP contribution in [0.25, 0.3) is 0 Å². The van der Waals surface area contributed by atoms with Crippen molar-refractivity contribution in [3.8, 4) is 0 Å². The molecule has 25 heavy (non-hydrogen) atoms. The minimum Gasteiger partial charge on any atom is -0.461 e. The van der Waals surface area contributed by atoms with E-state index < -0.39 is 5.60 Å². The lowest BCUT2D eigenvalue weighted by Gasteiger charge is -2.45. The summed E-state index contributed by atoms with van der Waals surface area (Å²) in [6.07, 6.45) is 10.7. The number of aliphatic hydroxyl groups is 1. The van der Waals surface area contributed by atoms with Gasteiger partial charge in [0.25, 0.3) is 0 Å². The molecule has 1 fully saturated rings. The molecular formula is C22H34O3. The molecule has 3 atom stereocenters. The Balaban J connectivity index is 2.86. The van der Waals surface area contributed by atoms with Gasteiger partial charge < -0.3 is 9.84 Å². The average Bonchev–Trinajstić information content (AvgIpc) is 2.51. The fourth-order valence-corrected chi connectivity index (χ4v) is 3.45. The second-order valence-electron chi connectivity index (χ2n) is 8.05. The summed E-state index contributed by atoms with van der Waals surface area (Å²) in [6.45, 7) is 18.0. The second-order valence-corrected chi connectivity index (χ2v) is 8.05. The molecule has 0 bridgehead atoms. The van der Waals surface area contributed by atoms with E-state index in [9.17, 15) is 9.90 Å². The standard InChI is InChI=1S/C22H34O3/c1-8-22(7,24)14-13-20-17(3)10-12-19(21(20,5)6)11-9-16(2)15-25-18(4)23/h8-9,13-14,19-20,24H,1,3,10-12,15H2,2,4-7H3/b14-13+,16-9+/t19-,20-,22?/m0/s1. The number of hydrogen-bond donors (Lipinski definition) is 1. The van der Waals surface area contributed by atoms with Gasteiger partial charge >= 0.3 is 5.97 Å². The van der Waals surface area contributed by atoms with Crippen LogP contribution in [0.15, 0.2) is 48.6 Å². The van der Waals surface area contributed by atoms with Crippen molar-refractivity contribution in [2.24, 2.45) is 17.3 Å². The Bertz CT molecular complexity index is 564. The third kappa shape index (κ3) is 6.32. The van der Waals surface area contributed by atoms with Crippen LogP contribution in [0.4, 0.5) is 0 Å². The summed E-state index contributed by atoms with van der Waals surface area (Å²) in [5.41, 5.74) is 1.35. The third-order valence-electron chi connectivity index (χ3n) is 5.40. The van der Waals surface area contributed by atoms with Gasteiger partial charge in [-0.25, -0.2) is 0 Å². The predicted octanol–water partition coefficient (Wildman–Crippen LogP) is 4.99. The zero-order chi connectivity index (χ0) is 19.3. The van der Waals surface area contributed by atoms with Crippen LogP contribution in [0.2, 0.25) is 0 Å². The minimum atomic E-state index is -0.996. The largest absolute Gasteiger partial charge is 0.461 e. The summed E-state index contributed by atoms with van der Waals surface area (Å²) >= 11 is 0. The van der Waals surface area contributed by atoms with Crippen LogP contribution < -0.4 is 0 Å². The Morgan fingerprint density at radius 2 is 2.08 bits per heavy atom. The van der Waals surface area contributed by atoms with Crippen molar-refractivity contribution in [2.75, 3.05) is 6.61 Å². The second kappa shape index (κ2) is 8.66. The fourth-order valence-electron chi connectivity index (χ4n) is 3.45. The molecule has 140 valence electrons. The Morgan fingerprint density at radius 1 is 1.44 bits per heavy atom. The minimum absolute atomic E-state index is 0.0430. The molecule has 0 aromatic heterocycles. The van der Waals surface area contributed by atoms with E-state index in [1.807, 2.05) is 13.0 Å². The Hall–Kier alpha value is -1.61. The van der Waals surface area contributed by atoms with E-state index in [0.29, 0.717) is 12.5 Å². The zero-order valence-electron chi connectivity index (χ0n) is 16.5. The number of ether oxygens (including phenoxy) is 1. The van der Waals surface area contributed by atoms with E-state index in [1.54, 1.807) is 13.0 Å². The van der Waals surface area contributed by atoms with Crippen molar-refractivity contribution >= 4 is 5.97 Å². The maximum absolute atomic E-state index is 10.9. The molecule has 0 heterocycles. The average molecular weight is 347 g/mol. The zero-order valence-corrected chi connectivity index (χ0v) is 16.5. The molecular weight excluding hydrogens is 312 g/mol. The Kier molecular flexibility index (Phi) is 7.43. The monoisotopic (exact) mass is 346 g/mol. The maximum atomic E-state index is 10.9. The lowest BCUT2D eigenvalue weighted by Crippen LogP contribution is -2.37.